The van der Waals surface area contributed by atoms with Crippen LogP contribution in [0.2, 0.25) is 0 Å². The van der Waals surface area contributed by atoms with Crippen molar-refractivity contribution in [2.75, 3.05) is 31.3 Å². The molecule has 1 aliphatic heterocycles. The molecule has 0 bridgehead atoms. The Morgan fingerprint density at radius 3 is 2.42 bits per heavy atom. The van der Waals surface area contributed by atoms with Crippen LogP contribution in [0.3, 0.4) is 0 Å². The van der Waals surface area contributed by atoms with Crippen LogP contribution in [0.4, 0.5) is 11.4 Å². The van der Waals surface area contributed by atoms with Gasteiger partial charge in [-0.15, -0.1) is 0 Å². The molecule has 0 unspecified atom stereocenters. The highest BCUT2D eigenvalue weighted by atomic mass is 16.5. The zero-order valence-electron chi connectivity index (χ0n) is 17.0. The molecule has 156 valence electrons. The molecule has 4 aromatic rings. The van der Waals surface area contributed by atoms with Gasteiger partial charge in [-0.1, -0.05) is 30.3 Å². The van der Waals surface area contributed by atoms with Gasteiger partial charge in [0.25, 0.3) is 0 Å². The lowest BCUT2D eigenvalue weighted by Gasteiger charge is -2.39. The number of benzene rings is 2. The van der Waals surface area contributed by atoms with E-state index in [-0.39, 0.29) is 0 Å². The van der Waals surface area contributed by atoms with Crippen LogP contribution in [0.25, 0.3) is 16.9 Å². The van der Waals surface area contributed by atoms with Crippen molar-refractivity contribution in [3.05, 3.63) is 84.7 Å². The van der Waals surface area contributed by atoms with Crippen LogP contribution in [0.5, 0.6) is 0 Å². The lowest BCUT2D eigenvalue weighted by atomic mass is 10.1. The highest BCUT2D eigenvalue weighted by Gasteiger charge is 2.24. The van der Waals surface area contributed by atoms with Crippen LogP contribution in [0.15, 0.2) is 79.1 Å². The van der Waals surface area contributed by atoms with E-state index >= 15 is 0 Å². The van der Waals surface area contributed by atoms with Gasteiger partial charge in [-0.3, -0.25) is 14.2 Å². The maximum absolute atomic E-state index is 11.4. The van der Waals surface area contributed by atoms with E-state index in [4.69, 9.17) is 10.5 Å². The third kappa shape index (κ3) is 3.65. The average Bonchev–Trinajstić information content (AvgIpc) is 3.31. The van der Waals surface area contributed by atoms with Gasteiger partial charge in [0, 0.05) is 31.0 Å². The lowest BCUT2D eigenvalue weighted by Crippen LogP contribution is -2.46. The van der Waals surface area contributed by atoms with Gasteiger partial charge < -0.3 is 10.5 Å². The van der Waals surface area contributed by atoms with Crippen LogP contribution in [-0.2, 0) is 4.74 Å². The van der Waals surface area contributed by atoms with Gasteiger partial charge in [-0.2, -0.15) is 0 Å². The molecule has 0 spiro atoms. The molecular formula is C24H23N5O2. The summed E-state index contributed by atoms with van der Waals surface area (Å²) in [7, 11) is 0. The first kappa shape index (κ1) is 19.3. The smallest absolute Gasteiger partial charge is 0.248 e. The summed E-state index contributed by atoms with van der Waals surface area (Å²) in [6.07, 6.45) is 3.77. The number of imidazole rings is 1. The molecule has 31 heavy (non-hydrogen) atoms. The number of pyridine rings is 1. The number of anilines is 2. The summed E-state index contributed by atoms with van der Waals surface area (Å²) in [5, 5.41) is 4.52. The van der Waals surface area contributed by atoms with Gasteiger partial charge in [0.1, 0.15) is 5.69 Å². The van der Waals surface area contributed by atoms with Crippen molar-refractivity contribution in [1.82, 2.24) is 14.4 Å². The Hall–Kier alpha value is -3.68. The van der Waals surface area contributed by atoms with Crippen molar-refractivity contribution >= 4 is 22.9 Å². The van der Waals surface area contributed by atoms with Gasteiger partial charge in [0.15, 0.2) is 5.65 Å². The Bertz CT molecular complexity index is 1200. The largest absolute Gasteiger partial charge is 0.379 e. The quantitative estimate of drug-likeness (QED) is 0.542. The second-order valence-electron chi connectivity index (χ2n) is 7.38. The number of fused-ring (bicyclic) bond motifs is 1. The van der Waals surface area contributed by atoms with Crippen molar-refractivity contribution in [3.63, 3.8) is 0 Å². The molecule has 0 aliphatic carbocycles. The summed E-state index contributed by atoms with van der Waals surface area (Å²) in [6, 6.07) is 21.8. The van der Waals surface area contributed by atoms with Crippen molar-refractivity contribution in [1.29, 1.82) is 0 Å². The molecule has 2 aromatic carbocycles. The van der Waals surface area contributed by atoms with Crippen molar-refractivity contribution < 1.29 is 9.53 Å². The third-order valence-electron chi connectivity index (χ3n) is 5.49. The number of rotatable bonds is 5. The number of para-hydroxylation sites is 1. The Balaban J connectivity index is 1.62. The molecule has 7 nitrogen and oxygen atoms in total. The molecule has 0 radical (unpaired) electrons. The van der Waals surface area contributed by atoms with Crippen molar-refractivity contribution in [2.45, 2.75) is 0 Å². The standard InChI is InChI=1S/C24H23N5O2/c25-23(30)19-8-6-18(7-9-19)21-10-11-22(24-26-12-13-28(21)24)29(20-4-2-1-3-5-20)27-14-16-31-17-15-27/h1-13H,14-17H2,(H2,25,30). The van der Waals surface area contributed by atoms with Crippen LogP contribution < -0.4 is 10.7 Å². The number of ether oxygens (including phenoxy) is 1. The summed E-state index contributed by atoms with van der Waals surface area (Å²) < 4.78 is 7.65. The molecule has 2 N–H and O–H groups in total. The first-order chi connectivity index (χ1) is 15.2. The summed E-state index contributed by atoms with van der Waals surface area (Å²) in [6.45, 7) is 2.99. The number of aromatic nitrogens is 2. The van der Waals surface area contributed by atoms with E-state index in [0.29, 0.717) is 18.8 Å². The number of hydrogen-bond acceptors (Lipinski definition) is 5. The molecule has 1 saturated heterocycles. The molecule has 1 aliphatic rings. The average molecular weight is 413 g/mol. The highest BCUT2D eigenvalue weighted by Crippen LogP contribution is 2.33. The normalized spacial score (nSPS) is 14.6. The predicted octanol–water partition coefficient (Wildman–Crippen LogP) is 3.49. The topological polar surface area (TPSA) is 76.1 Å². The second-order valence-corrected chi connectivity index (χ2v) is 7.38. The van der Waals surface area contributed by atoms with Crippen LogP contribution >= 0.6 is 0 Å². The molecule has 0 atom stereocenters. The van der Waals surface area contributed by atoms with E-state index in [1.807, 2.05) is 42.7 Å². The van der Waals surface area contributed by atoms with Crippen LogP contribution in [0.1, 0.15) is 10.4 Å². The first-order valence-corrected chi connectivity index (χ1v) is 10.3. The Morgan fingerprint density at radius 1 is 0.968 bits per heavy atom. The van der Waals surface area contributed by atoms with E-state index in [0.717, 1.165) is 41.4 Å². The first-order valence-electron chi connectivity index (χ1n) is 10.3. The minimum atomic E-state index is -0.432. The van der Waals surface area contributed by atoms with Gasteiger partial charge in [-0.25, -0.2) is 9.99 Å². The number of nitrogens with zero attached hydrogens (tertiary/aromatic N) is 4. The molecule has 1 fully saturated rings. The molecule has 2 aromatic heterocycles. The number of primary amides is 1. The fraction of sp³-hybridized carbons (Fsp3) is 0.167. The number of carbonyl (C=O) groups excluding carboxylic acids is 1. The van der Waals surface area contributed by atoms with Crippen molar-refractivity contribution in [3.8, 4) is 11.3 Å². The van der Waals surface area contributed by atoms with Gasteiger partial charge in [0.05, 0.1) is 24.6 Å². The number of morpholine rings is 1. The van der Waals surface area contributed by atoms with Crippen LogP contribution in [0, 0.1) is 0 Å². The van der Waals surface area contributed by atoms with E-state index in [1.54, 1.807) is 12.1 Å². The molecule has 7 heteroatoms. The minimum Gasteiger partial charge on any atom is -0.379 e. The van der Waals surface area contributed by atoms with Gasteiger partial charge in [0.2, 0.25) is 5.91 Å². The predicted molar refractivity (Wildman–Crippen MR) is 120 cm³/mol. The van der Waals surface area contributed by atoms with E-state index in [9.17, 15) is 4.79 Å². The number of amides is 1. The third-order valence-corrected chi connectivity index (χ3v) is 5.49. The molecule has 5 rings (SSSR count). The number of hydrogen-bond donors (Lipinski definition) is 1. The fourth-order valence-electron chi connectivity index (χ4n) is 3.98. The Morgan fingerprint density at radius 2 is 1.71 bits per heavy atom. The highest BCUT2D eigenvalue weighted by molar-refractivity contribution is 5.93. The summed E-state index contributed by atoms with van der Waals surface area (Å²) in [5.41, 5.74) is 10.8. The summed E-state index contributed by atoms with van der Waals surface area (Å²) in [5.74, 6) is -0.432. The number of nitrogens with two attached hydrogens (primary N) is 1. The zero-order valence-corrected chi connectivity index (χ0v) is 17.0. The summed E-state index contributed by atoms with van der Waals surface area (Å²) in [4.78, 5) is 16.1. The summed E-state index contributed by atoms with van der Waals surface area (Å²) >= 11 is 0. The van der Waals surface area contributed by atoms with E-state index < -0.39 is 5.91 Å². The maximum Gasteiger partial charge on any atom is 0.248 e. The molecule has 0 saturated carbocycles. The lowest BCUT2D eigenvalue weighted by molar-refractivity contribution is 0.0379. The van der Waals surface area contributed by atoms with E-state index in [2.05, 4.69) is 43.7 Å². The second kappa shape index (κ2) is 8.22. The van der Waals surface area contributed by atoms with Gasteiger partial charge >= 0.3 is 0 Å². The zero-order chi connectivity index (χ0) is 21.2. The fourth-order valence-corrected chi connectivity index (χ4v) is 3.98. The van der Waals surface area contributed by atoms with E-state index in [1.165, 1.54) is 0 Å². The monoisotopic (exact) mass is 413 g/mol. The Kier molecular flexibility index (Phi) is 5.11. The SMILES string of the molecule is NC(=O)c1ccc(-c2ccc(N(c3ccccc3)N3CCOCC3)c3nccn23)cc1. The van der Waals surface area contributed by atoms with Crippen molar-refractivity contribution in [2.24, 2.45) is 5.73 Å². The minimum absolute atomic E-state index is 0.432. The maximum atomic E-state index is 11.4. The van der Waals surface area contributed by atoms with Crippen LogP contribution in [-0.4, -0.2) is 46.6 Å². The molecule has 1 amide bonds. The number of carbonyl (C=O) groups is 1. The van der Waals surface area contributed by atoms with Gasteiger partial charge in [-0.05, 0) is 42.0 Å². The molecule has 3 heterocycles. The Labute approximate surface area is 180 Å². The number of hydrazine groups is 1. The molecular weight excluding hydrogens is 390 g/mol.